The van der Waals surface area contributed by atoms with E-state index in [1.807, 2.05) is 35.5 Å². The molecule has 8 nitrogen and oxygen atoms in total. The van der Waals surface area contributed by atoms with Gasteiger partial charge in [-0.15, -0.1) is 0 Å². The highest BCUT2D eigenvalue weighted by Gasteiger charge is 2.40. The number of fused-ring (bicyclic) bond motifs is 1. The minimum absolute atomic E-state index is 0.0432. The Labute approximate surface area is 154 Å². The Hall–Kier alpha value is -1.93. The van der Waals surface area contributed by atoms with Gasteiger partial charge in [0.2, 0.25) is 0 Å². The van der Waals surface area contributed by atoms with Crippen molar-refractivity contribution in [2.75, 3.05) is 40.3 Å². The maximum atomic E-state index is 12.9. The molecule has 0 aromatic carbocycles. The maximum Gasteiger partial charge on any atom is 0.271 e. The third kappa shape index (κ3) is 4.07. The Morgan fingerprint density at radius 1 is 1.35 bits per heavy atom. The van der Waals surface area contributed by atoms with Crippen LogP contribution in [0.4, 0.5) is 0 Å². The zero-order valence-corrected chi connectivity index (χ0v) is 16.0. The van der Waals surface area contributed by atoms with Crippen molar-refractivity contribution in [3.63, 3.8) is 0 Å². The first-order valence-electron chi connectivity index (χ1n) is 9.32. The van der Waals surface area contributed by atoms with E-state index in [1.54, 1.807) is 6.07 Å². The molecule has 0 bridgehead atoms. The molecule has 2 aliphatic heterocycles. The monoisotopic (exact) mass is 363 g/mol. The number of nitrogens with zero attached hydrogens (tertiary/aromatic N) is 4. The van der Waals surface area contributed by atoms with Gasteiger partial charge in [0.1, 0.15) is 5.60 Å². The fourth-order valence-electron chi connectivity index (χ4n) is 3.47. The molecule has 0 spiro atoms. The molecule has 0 radical (unpaired) electrons. The summed E-state index contributed by atoms with van der Waals surface area (Å²) in [6.45, 7) is 5.55. The zero-order chi connectivity index (χ0) is 18.7. The van der Waals surface area contributed by atoms with Gasteiger partial charge >= 0.3 is 0 Å². The normalized spacial score (nSPS) is 23.0. The molecule has 3 heterocycles. The van der Waals surface area contributed by atoms with E-state index in [1.165, 1.54) is 0 Å². The van der Waals surface area contributed by atoms with Crippen LogP contribution < -0.4 is 5.32 Å². The number of hydrogen-bond donors (Lipinski definition) is 1. The first kappa shape index (κ1) is 18.8. The summed E-state index contributed by atoms with van der Waals surface area (Å²) in [7, 11) is 3.92. The molecule has 1 atom stereocenters. The minimum atomic E-state index is -0.715. The van der Waals surface area contributed by atoms with Crippen molar-refractivity contribution < 1.29 is 14.3 Å². The lowest BCUT2D eigenvalue weighted by Gasteiger charge is -2.38. The number of carbonyl (C=O) groups is 2. The average molecular weight is 363 g/mol. The molecule has 2 amide bonds. The summed E-state index contributed by atoms with van der Waals surface area (Å²) in [5.74, 6) is -0.129. The van der Waals surface area contributed by atoms with E-state index in [0.29, 0.717) is 38.5 Å². The minimum Gasteiger partial charge on any atom is -0.365 e. The van der Waals surface area contributed by atoms with Crippen molar-refractivity contribution in [1.29, 1.82) is 0 Å². The van der Waals surface area contributed by atoms with Crippen LogP contribution in [0.15, 0.2) is 6.07 Å². The number of ether oxygens (including phenoxy) is 1. The molecular weight excluding hydrogens is 334 g/mol. The van der Waals surface area contributed by atoms with Gasteiger partial charge in [-0.25, -0.2) is 0 Å². The van der Waals surface area contributed by atoms with Crippen LogP contribution in [0, 0.1) is 0 Å². The molecule has 2 aliphatic rings. The molecule has 144 valence electrons. The van der Waals surface area contributed by atoms with Crippen LogP contribution >= 0.6 is 0 Å². The van der Waals surface area contributed by atoms with Gasteiger partial charge in [0.25, 0.3) is 11.8 Å². The topological polar surface area (TPSA) is 79.7 Å². The number of nitrogens with one attached hydrogen (secondary N) is 1. The molecule has 0 aliphatic carbocycles. The average Bonchev–Trinajstić information content (AvgIpc) is 3.04. The molecular formula is C18H29N5O3. The Kier molecular flexibility index (Phi) is 5.62. The Morgan fingerprint density at radius 2 is 2.15 bits per heavy atom. The fourth-order valence-corrected chi connectivity index (χ4v) is 3.47. The van der Waals surface area contributed by atoms with Crippen molar-refractivity contribution in [1.82, 2.24) is 24.9 Å². The summed E-state index contributed by atoms with van der Waals surface area (Å²) in [6, 6.07) is 1.79. The summed E-state index contributed by atoms with van der Waals surface area (Å²) in [5, 5.41) is 7.27. The smallest absolute Gasteiger partial charge is 0.271 e. The van der Waals surface area contributed by atoms with Crippen LogP contribution in [-0.4, -0.2) is 77.3 Å². The third-order valence-corrected chi connectivity index (χ3v) is 5.08. The van der Waals surface area contributed by atoms with Crippen molar-refractivity contribution in [3.05, 3.63) is 17.5 Å². The van der Waals surface area contributed by atoms with Gasteiger partial charge in [-0.2, -0.15) is 5.10 Å². The molecule has 8 heteroatoms. The molecule has 3 rings (SSSR count). The summed E-state index contributed by atoms with van der Waals surface area (Å²) >= 11 is 0. The molecule has 1 aromatic rings. The van der Waals surface area contributed by atoms with Crippen molar-refractivity contribution in [2.45, 2.75) is 44.9 Å². The maximum absolute atomic E-state index is 12.9. The SMILES string of the molecule is CN(C)CCNC(=O)c1cc2n(n1)CCN(C(=O)[C@@]1(C)CCCCO1)C2. The molecule has 0 unspecified atom stereocenters. The molecule has 1 fully saturated rings. The Bertz CT molecular complexity index is 664. The van der Waals surface area contributed by atoms with E-state index < -0.39 is 5.60 Å². The summed E-state index contributed by atoms with van der Waals surface area (Å²) in [6.07, 6.45) is 2.80. The van der Waals surface area contributed by atoms with E-state index in [2.05, 4.69) is 10.4 Å². The summed E-state index contributed by atoms with van der Waals surface area (Å²) in [5.41, 5.74) is 0.585. The van der Waals surface area contributed by atoms with Crippen LogP contribution in [0.5, 0.6) is 0 Å². The second kappa shape index (κ2) is 7.75. The summed E-state index contributed by atoms with van der Waals surface area (Å²) < 4.78 is 7.62. The number of rotatable bonds is 5. The number of amides is 2. The quantitative estimate of drug-likeness (QED) is 0.823. The van der Waals surface area contributed by atoms with E-state index in [-0.39, 0.29) is 11.8 Å². The van der Waals surface area contributed by atoms with Crippen LogP contribution in [0.2, 0.25) is 0 Å². The predicted molar refractivity (Wildman–Crippen MR) is 96.7 cm³/mol. The van der Waals surface area contributed by atoms with Crippen LogP contribution in [0.3, 0.4) is 0 Å². The fraction of sp³-hybridized carbons (Fsp3) is 0.722. The number of hydrogen-bond acceptors (Lipinski definition) is 5. The van der Waals surface area contributed by atoms with Crippen molar-refractivity contribution >= 4 is 11.8 Å². The van der Waals surface area contributed by atoms with Crippen LogP contribution in [0.25, 0.3) is 0 Å². The number of aromatic nitrogens is 2. The summed E-state index contributed by atoms with van der Waals surface area (Å²) in [4.78, 5) is 29.0. The van der Waals surface area contributed by atoms with Crippen LogP contribution in [-0.2, 0) is 22.6 Å². The highest BCUT2D eigenvalue weighted by Crippen LogP contribution is 2.28. The second-order valence-electron chi connectivity index (χ2n) is 7.57. The lowest BCUT2D eigenvalue weighted by molar-refractivity contribution is -0.163. The highest BCUT2D eigenvalue weighted by molar-refractivity contribution is 5.92. The van der Waals surface area contributed by atoms with Gasteiger partial charge in [-0.3, -0.25) is 14.3 Å². The molecule has 1 saturated heterocycles. The van der Waals surface area contributed by atoms with Gasteiger partial charge in [0, 0.05) is 26.2 Å². The van der Waals surface area contributed by atoms with Crippen molar-refractivity contribution in [3.8, 4) is 0 Å². The van der Waals surface area contributed by atoms with Gasteiger partial charge in [-0.05, 0) is 46.3 Å². The van der Waals surface area contributed by atoms with E-state index in [0.717, 1.165) is 31.5 Å². The van der Waals surface area contributed by atoms with Gasteiger partial charge < -0.3 is 19.9 Å². The number of likely N-dealkylation sites (N-methyl/N-ethyl adjacent to an activating group) is 1. The van der Waals surface area contributed by atoms with Gasteiger partial charge in [-0.1, -0.05) is 0 Å². The lowest BCUT2D eigenvalue weighted by Crippen LogP contribution is -2.52. The van der Waals surface area contributed by atoms with Crippen LogP contribution in [0.1, 0.15) is 42.4 Å². The van der Waals surface area contributed by atoms with Gasteiger partial charge in [0.15, 0.2) is 5.69 Å². The first-order valence-corrected chi connectivity index (χ1v) is 9.32. The van der Waals surface area contributed by atoms with E-state index in [4.69, 9.17) is 4.74 Å². The molecule has 1 N–H and O–H groups in total. The number of carbonyl (C=O) groups excluding carboxylic acids is 2. The Balaban J connectivity index is 1.63. The molecule has 0 saturated carbocycles. The highest BCUT2D eigenvalue weighted by atomic mass is 16.5. The first-order chi connectivity index (χ1) is 12.4. The largest absolute Gasteiger partial charge is 0.365 e. The Morgan fingerprint density at radius 3 is 2.85 bits per heavy atom. The standard InChI is InChI=1S/C18H29N5O3/c1-18(6-4-5-11-26-18)17(25)22-9-10-23-14(13-22)12-15(20-23)16(24)19-7-8-21(2)3/h12H,4-11,13H2,1-3H3,(H,19,24)/t18-/m1/s1. The molecule has 1 aromatic heterocycles. The predicted octanol–water partition coefficient (Wildman–Crippen LogP) is 0.476. The molecule has 26 heavy (non-hydrogen) atoms. The lowest BCUT2D eigenvalue weighted by atomic mass is 9.94. The van der Waals surface area contributed by atoms with E-state index in [9.17, 15) is 9.59 Å². The second-order valence-corrected chi connectivity index (χ2v) is 7.57. The van der Waals surface area contributed by atoms with Gasteiger partial charge in [0.05, 0.1) is 18.8 Å². The van der Waals surface area contributed by atoms with E-state index >= 15 is 0 Å². The zero-order valence-electron chi connectivity index (χ0n) is 16.0. The third-order valence-electron chi connectivity index (χ3n) is 5.08. The van der Waals surface area contributed by atoms with Crippen molar-refractivity contribution in [2.24, 2.45) is 0 Å².